The molecule has 0 aromatic heterocycles. The molecule has 18 heavy (non-hydrogen) atoms. The molecule has 1 aromatic carbocycles. The van der Waals surface area contributed by atoms with Gasteiger partial charge in [0, 0.05) is 12.6 Å². The van der Waals surface area contributed by atoms with Crippen molar-refractivity contribution in [1.82, 2.24) is 5.32 Å². The number of benzene rings is 1. The quantitative estimate of drug-likeness (QED) is 0.773. The average molecular weight is 275 g/mol. The predicted molar refractivity (Wildman–Crippen MR) is 69.3 cm³/mol. The fourth-order valence-corrected chi connectivity index (χ4v) is 1.66. The molecule has 1 atom stereocenters. The molecule has 2 amide bonds. The third-order valence-corrected chi connectivity index (χ3v) is 2.66. The molecule has 0 heterocycles. The molecule has 100 valence electrons. The first-order valence-corrected chi connectivity index (χ1v) is 6.04. The fourth-order valence-electron chi connectivity index (χ4n) is 1.44. The van der Waals surface area contributed by atoms with E-state index in [0.717, 1.165) is 6.07 Å². The smallest absolute Gasteiger partial charge is 0.319 e. The lowest BCUT2D eigenvalue weighted by molar-refractivity contribution is 0.245. The molecule has 1 aromatic rings. The second-order valence-corrected chi connectivity index (χ2v) is 4.40. The van der Waals surface area contributed by atoms with Gasteiger partial charge in [-0.1, -0.05) is 11.6 Å². The molecule has 4 nitrogen and oxygen atoms in total. The number of urea groups is 1. The van der Waals surface area contributed by atoms with Gasteiger partial charge in [-0.15, -0.1) is 0 Å². The van der Waals surface area contributed by atoms with Crippen LogP contribution < -0.4 is 10.6 Å². The summed E-state index contributed by atoms with van der Waals surface area (Å²) < 4.78 is 12.8. The Kier molecular flexibility index (Phi) is 5.88. The number of hydrogen-bond acceptors (Lipinski definition) is 2. The fraction of sp³-hybridized carbons (Fsp3) is 0.417. The molecule has 0 saturated carbocycles. The lowest BCUT2D eigenvalue weighted by atomic mass is 10.2. The number of carbonyl (C=O) groups excluding carboxylic acids is 1. The summed E-state index contributed by atoms with van der Waals surface area (Å²) in [4.78, 5) is 11.6. The molecule has 0 spiro atoms. The highest BCUT2D eigenvalue weighted by Crippen LogP contribution is 2.22. The van der Waals surface area contributed by atoms with Gasteiger partial charge in [-0.25, -0.2) is 9.18 Å². The van der Waals surface area contributed by atoms with Crippen molar-refractivity contribution in [3.63, 3.8) is 0 Å². The molecule has 1 rings (SSSR count). The van der Waals surface area contributed by atoms with E-state index < -0.39 is 11.8 Å². The number of carbonyl (C=O) groups is 1. The molecule has 1 unspecified atom stereocenters. The first-order valence-electron chi connectivity index (χ1n) is 5.66. The second kappa shape index (κ2) is 7.18. The molecule has 0 aliphatic rings. The number of aliphatic hydroxyl groups is 1. The van der Waals surface area contributed by atoms with Crippen LogP contribution in [0.3, 0.4) is 0 Å². The van der Waals surface area contributed by atoms with Gasteiger partial charge in [-0.05, 0) is 38.0 Å². The van der Waals surface area contributed by atoms with Crippen molar-refractivity contribution in [1.29, 1.82) is 0 Å². The van der Waals surface area contributed by atoms with Crippen molar-refractivity contribution in [3.8, 4) is 0 Å². The largest absolute Gasteiger partial charge is 0.396 e. The maximum atomic E-state index is 12.8. The summed E-state index contributed by atoms with van der Waals surface area (Å²) in [5.41, 5.74) is 0.352. The third-order valence-electron chi connectivity index (χ3n) is 2.35. The van der Waals surface area contributed by atoms with E-state index >= 15 is 0 Å². The van der Waals surface area contributed by atoms with E-state index in [9.17, 15) is 9.18 Å². The summed E-state index contributed by atoms with van der Waals surface area (Å²) >= 11 is 5.78. The maximum absolute atomic E-state index is 12.8. The zero-order chi connectivity index (χ0) is 13.5. The number of amides is 2. The SMILES string of the molecule is CC(CCCO)NC(=O)Nc1ccc(F)cc1Cl. The molecular formula is C12H16ClFN2O2. The topological polar surface area (TPSA) is 61.4 Å². The van der Waals surface area contributed by atoms with Crippen LogP contribution >= 0.6 is 11.6 Å². The zero-order valence-corrected chi connectivity index (χ0v) is 10.8. The highest BCUT2D eigenvalue weighted by atomic mass is 35.5. The standard InChI is InChI=1S/C12H16ClFN2O2/c1-8(3-2-6-17)15-12(18)16-11-5-4-9(14)7-10(11)13/h4-5,7-8,17H,2-3,6H2,1H3,(H2,15,16,18). The van der Waals surface area contributed by atoms with Crippen LogP contribution in [0.2, 0.25) is 5.02 Å². The van der Waals surface area contributed by atoms with Crippen LogP contribution in [0.5, 0.6) is 0 Å². The van der Waals surface area contributed by atoms with Crippen molar-refractivity contribution in [2.75, 3.05) is 11.9 Å². The summed E-state index contributed by atoms with van der Waals surface area (Å²) in [5.74, 6) is -0.456. The number of hydrogen-bond donors (Lipinski definition) is 3. The average Bonchev–Trinajstić information content (AvgIpc) is 2.30. The van der Waals surface area contributed by atoms with Gasteiger partial charge >= 0.3 is 6.03 Å². The molecule has 3 N–H and O–H groups in total. The Morgan fingerprint density at radius 2 is 2.28 bits per heavy atom. The minimum Gasteiger partial charge on any atom is -0.396 e. The van der Waals surface area contributed by atoms with Crippen LogP contribution in [-0.4, -0.2) is 23.8 Å². The Morgan fingerprint density at radius 3 is 2.89 bits per heavy atom. The lowest BCUT2D eigenvalue weighted by Crippen LogP contribution is -2.36. The first-order chi connectivity index (χ1) is 8.52. The Hall–Kier alpha value is -1.33. The second-order valence-electron chi connectivity index (χ2n) is 3.99. The van der Waals surface area contributed by atoms with E-state index in [2.05, 4.69) is 10.6 Å². The number of rotatable bonds is 5. The van der Waals surface area contributed by atoms with E-state index in [1.54, 1.807) is 0 Å². The van der Waals surface area contributed by atoms with E-state index in [4.69, 9.17) is 16.7 Å². The van der Waals surface area contributed by atoms with Crippen LogP contribution in [0.4, 0.5) is 14.9 Å². The van der Waals surface area contributed by atoms with Crippen LogP contribution in [-0.2, 0) is 0 Å². The highest BCUT2D eigenvalue weighted by molar-refractivity contribution is 6.33. The van der Waals surface area contributed by atoms with Crippen molar-refractivity contribution in [2.24, 2.45) is 0 Å². The van der Waals surface area contributed by atoms with Crippen LogP contribution in [0.1, 0.15) is 19.8 Å². The molecule has 0 bridgehead atoms. The van der Waals surface area contributed by atoms with Gasteiger partial charge in [0.25, 0.3) is 0 Å². The normalized spacial score (nSPS) is 12.0. The van der Waals surface area contributed by atoms with Crippen molar-refractivity contribution < 1.29 is 14.3 Å². The lowest BCUT2D eigenvalue weighted by Gasteiger charge is -2.14. The van der Waals surface area contributed by atoms with E-state index in [1.807, 2.05) is 6.92 Å². The summed E-state index contributed by atoms with van der Waals surface area (Å²) in [6, 6.07) is 3.28. The van der Waals surface area contributed by atoms with Crippen LogP contribution in [0.25, 0.3) is 0 Å². The summed E-state index contributed by atoms with van der Waals surface area (Å²) in [6.45, 7) is 1.93. The van der Waals surface area contributed by atoms with E-state index in [-0.39, 0.29) is 17.7 Å². The summed E-state index contributed by atoms with van der Waals surface area (Å²) in [6.07, 6.45) is 1.31. The van der Waals surface area contributed by atoms with E-state index in [0.29, 0.717) is 18.5 Å². The highest BCUT2D eigenvalue weighted by Gasteiger charge is 2.09. The number of nitrogens with one attached hydrogen (secondary N) is 2. The predicted octanol–water partition coefficient (Wildman–Crippen LogP) is 2.76. The number of anilines is 1. The van der Waals surface area contributed by atoms with Gasteiger partial charge in [0.1, 0.15) is 5.82 Å². The van der Waals surface area contributed by atoms with Crippen LogP contribution in [0.15, 0.2) is 18.2 Å². The third kappa shape index (κ3) is 4.89. The van der Waals surface area contributed by atoms with Crippen molar-refractivity contribution in [3.05, 3.63) is 29.0 Å². The van der Waals surface area contributed by atoms with Crippen LogP contribution in [0, 0.1) is 5.82 Å². The molecule has 0 radical (unpaired) electrons. The summed E-state index contributed by atoms with van der Waals surface area (Å²) in [7, 11) is 0. The van der Waals surface area contributed by atoms with Gasteiger partial charge in [0.2, 0.25) is 0 Å². The Labute approximate surface area is 110 Å². The zero-order valence-electron chi connectivity index (χ0n) is 10.0. The summed E-state index contributed by atoms with van der Waals surface area (Å²) in [5, 5.41) is 14.0. The molecule has 0 aliphatic heterocycles. The monoisotopic (exact) mass is 274 g/mol. The molecule has 0 fully saturated rings. The van der Waals surface area contributed by atoms with Gasteiger partial charge in [-0.2, -0.15) is 0 Å². The maximum Gasteiger partial charge on any atom is 0.319 e. The number of aliphatic hydroxyl groups excluding tert-OH is 1. The number of halogens is 2. The minimum absolute atomic E-state index is 0.0589. The Bertz CT molecular complexity index is 415. The van der Waals surface area contributed by atoms with Gasteiger partial charge in [0.05, 0.1) is 10.7 Å². The Balaban J connectivity index is 2.49. The Morgan fingerprint density at radius 1 is 1.56 bits per heavy atom. The van der Waals surface area contributed by atoms with Gasteiger partial charge in [-0.3, -0.25) is 0 Å². The molecule has 6 heteroatoms. The first kappa shape index (κ1) is 14.7. The van der Waals surface area contributed by atoms with Gasteiger partial charge < -0.3 is 15.7 Å². The molecule has 0 saturated heterocycles. The van der Waals surface area contributed by atoms with Crippen molar-refractivity contribution >= 4 is 23.3 Å². The molecular weight excluding hydrogens is 259 g/mol. The van der Waals surface area contributed by atoms with E-state index in [1.165, 1.54) is 12.1 Å². The minimum atomic E-state index is -0.456. The van der Waals surface area contributed by atoms with Gasteiger partial charge in [0.15, 0.2) is 0 Å². The van der Waals surface area contributed by atoms with Crippen molar-refractivity contribution in [2.45, 2.75) is 25.8 Å². The molecule has 0 aliphatic carbocycles.